The van der Waals surface area contributed by atoms with Crippen molar-refractivity contribution in [2.24, 2.45) is 4.99 Å². The summed E-state index contributed by atoms with van der Waals surface area (Å²) in [6.45, 7) is 10.1. The largest absolute Gasteiger partial charge is 0.466 e. The number of rotatable bonds is 1. The van der Waals surface area contributed by atoms with Crippen molar-refractivity contribution in [2.45, 2.75) is 40.3 Å². The smallest absolute Gasteiger partial charge is 0.195 e. The topological polar surface area (TPSA) is 34.5 Å². The molecule has 0 saturated heterocycles. The Labute approximate surface area is 125 Å². The van der Waals surface area contributed by atoms with Crippen LogP contribution in [-0.4, -0.2) is 16.4 Å². The minimum absolute atomic E-state index is 0.562. The van der Waals surface area contributed by atoms with E-state index in [1.807, 2.05) is 33.0 Å². The van der Waals surface area contributed by atoms with Crippen molar-refractivity contribution in [3.05, 3.63) is 58.4 Å². The summed E-state index contributed by atoms with van der Waals surface area (Å²) in [5, 5.41) is 0. The molecule has 1 aromatic carbocycles. The van der Waals surface area contributed by atoms with Gasteiger partial charge in [-0.1, -0.05) is 12.1 Å². The highest BCUT2D eigenvalue weighted by Crippen LogP contribution is 2.35. The number of para-hydroxylation sites is 1. The Kier molecular flexibility index (Phi) is 3.08. The van der Waals surface area contributed by atoms with Gasteiger partial charge < -0.3 is 4.74 Å². The van der Waals surface area contributed by atoms with Crippen LogP contribution in [0.5, 0.6) is 5.75 Å². The Morgan fingerprint density at radius 3 is 2.52 bits per heavy atom. The van der Waals surface area contributed by atoms with E-state index in [-0.39, 0.29) is 0 Å². The van der Waals surface area contributed by atoms with Crippen molar-refractivity contribution in [3.8, 4) is 5.75 Å². The fourth-order valence-corrected chi connectivity index (χ4v) is 2.57. The lowest BCUT2D eigenvalue weighted by Gasteiger charge is -2.31. The summed E-state index contributed by atoms with van der Waals surface area (Å²) >= 11 is 0. The van der Waals surface area contributed by atoms with Crippen LogP contribution in [0.25, 0.3) is 0 Å². The number of hydrogen-bond acceptors (Lipinski definition) is 3. The fraction of sp³-hybridized carbons (Fsp3) is 0.333. The van der Waals surface area contributed by atoms with Crippen LogP contribution in [0, 0.1) is 20.8 Å². The second-order valence-corrected chi connectivity index (χ2v) is 6.09. The van der Waals surface area contributed by atoms with E-state index in [0.29, 0.717) is 0 Å². The molecule has 0 N–H and O–H groups in total. The molecule has 1 aliphatic rings. The Bertz CT molecular complexity index is 745. The lowest BCUT2D eigenvalue weighted by atomic mass is 9.97. The van der Waals surface area contributed by atoms with Crippen molar-refractivity contribution in [3.63, 3.8) is 0 Å². The van der Waals surface area contributed by atoms with Gasteiger partial charge in [-0.3, -0.25) is 4.98 Å². The first kappa shape index (κ1) is 13.8. The van der Waals surface area contributed by atoms with E-state index in [1.54, 1.807) is 0 Å². The Balaban J connectivity index is 2.23. The Hall–Kier alpha value is -2.16. The first-order valence-electron chi connectivity index (χ1n) is 7.20. The molecule has 0 unspecified atom stereocenters. The molecule has 0 saturated carbocycles. The molecule has 0 aliphatic carbocycles. The first-order valence-corrected chi connectivity index (χ1v) is 7.20. The van der Waals surface area contributed by atoms with E-state index in [4.69, 9.17) is 9.73 Å². The average Bonchev–Trinajstić information content (AvgIpc) is 2.42. The van der Waals surface area contributed by atoms with Gasteiger partial charge in [-0.25, -0.2) is 4.99 Å². The van der Waals surface area contributed by atoms with Crippen LogP contribution in [0.15, 0.2) is 35.5 Å². The van der Waals surface area contributed by atoms with E-state index >= 15 is 0 Å². The molecule has 3 nitrogen and oxygen atoms in total. The molecule has 0 atom stereocenters. The van der Waals surface area contributed by atoms with Crippen molar-refractivity contribution in [2.75, 3.05) is 0 Å². The zero-order chi connectivity index (χ0) is 15.2. The number of aliphatic imine (C=N–C) groups is 1. The quantitative estimate of drug-likeness (QED) is 0.792. The number of ether oxygens (including phenoxy) is 1. The zero-order valence-corrected chi connectivity index (χ0v) is 13.2. The fourth-order valence-electron chi connectivity index (χ4n) is 2.57. The molecule has 0 radical (unpaired) electrons. The van der Waals surface area contributed by atoms with Crippen LogP contribution >= 0.6 is 0 Å². The zero-order valence-electron chi connectivity index (χ0n) is 13.2. The summed E-state index contributed by atoms with van der Waals surface area (Å²) in [5.74, 6) is 0.922. The predicted molar refractivity (Wildman–Crippen MR) is 85.2 cm³/mol. The molecule has 0 spiro atoms. The molecule has 3 rings (SSSR count). The number of nitrogens with zero attached hydrogens (tertiary/aromatic N) is 2. The number of fused-ring (bicyclic) bond motifs is 1. The maximum atomic E-state index is 6.05. The predicted octanol–water partition coefficient (Wildman–Crippen LogP) is 3.97. The minimum atomic E-state index is -0.562. The first-order chi connectivity index (χ1) is 9.87. The van der Waals surface area contributed by atoms with Gasteiger partial charge in [-0.05, 0) is 57.9 Å². The lowest BCUT2D eigenvalue weighted by Crippen LogP contribution is -2.33. The second kappa shape index (κ2) is 4.69. The summed E-state index contributed by atoms with van der Waals surface area (Å²) in [4.78, 5) is 9.27. The van der Waals surface area contributed by atoms with E-state index in [0.717, 1.165) is 33.8 Å². The third-order valence-corrected chi connectivity index (χ3v) is 3.81. The molecule has 1 aliphatic heterocycles. The Morgan fingerprint density at radius 1 is 1.05 bits per heavy atom. The van der Waals surface area contributed by atoms with Gasteiger partial charge in [0.15, 0.2) is 5.72 Å². The molecular formula is C18H20N2O. The number of benzene rings is 1. The van der Waals surface area contributed by atoms with Crippen molar-refractivity contribution >= 4 is 5.71 Å². The highest BCUT2D eigenvalue weighted by molar-refractivity contribution is 6.15. The number of hydrogen-bond donors (Lipinski definition) is 0. The van der Waals surface area contributed by atoms with Crippen LogP contribution in [-0.2, 0) is 0 Å². The number of aryl methyl sites for hydroxylation is 3. The summed E-state index contributed by atoms with van der Waals surface area (Å²) in [6, 6.07) is 8.32. The van der Waals surface area contributed by atoms with Gasteiger partial charge in [-0.2, -0.15) is 0 Å². The van der Waals surface area contributed by atoms with E-state index in [9.17, 15) is 0 Å². The van der Waals surface area contributed by atoms with E-state index < -0.39 is 5.72 Å². The minimum Gasteiger partial charge on any atom is -0.466 e. The van der Waals surface area contributed by atoms with Gasteiger partial charge >= 0.3 is 0 Å². The maximum Gasteiger partial charge on any atom is 0.195 e. The van der Waals surface area contributed by atoms with Gasteiger partial charge in [0, 0.05) is 23.0 Å². The van der Waals surface area contributed by atoms with Gasteiger partial charge in [0.1, 0.15) is 5.75 Å². The summed E-state index contributed by atoms with van der Waals surface area (Å²) in [5.41, 5.74) is 5.84. The monoisotopic (exact) mass is 280 g/mol. The van der Waals surface area contributed by atoms with Crippen LogP contribution in [0.3, 0.4) is 0 Å². The standard InChI is InChI=1S/C18H20N2O/c1-11-7-6-8-15-16(20-18(4,5)21-17(11)15)14-9-12(2)13(3)19-10-14/h6-10H,1-5H3. The maximum absolute atomic E-state index is 6.05. The molecule has 3 heteroatoms. The van der Waals surface area contributed by atoms with Crippen molar-refractivity contribution < 1.29 is 4.74 Å². The molecule has 1 aromatic heterocycles. The average molecular weight is 280 g/mol. The number of aromatic nitrogens is 1. The molecular weight excluding hydrogens is 260 g/mol. The van der Waals surface area contributed by atoms with Gasteiger partial charge in [0.25, 0.3) is 0 Å². The second-order valence-electron chi connectivity index (χ2n) is 6.09. The third kappa shape index (κ3) is 2.44. The molecule has 0 fully saturated rings. The van der Waals surface area contributed by atoms with Gasteiger partial charge in [0.05, 0.1) is 5.71 Å². The van der Waals surface area contributed by atoms with Crippen LogP contribution in [0.4, 0.5) is 0 Å². The molecule has 21 heavy (non-hydrogen) atoms. The van der Waals surface area contributed by atoms with Gasteiger partial charge in [-0.15, -0.1) is 0 Å². The van der Waals surface area contributed by atoms with Crippen LogP contribution in [0.1, 0.15) is 41.8 Å². The van der Waals surface area contributed by atoms with Crippen molar-refractivity contribution in [1.82, 2.24) is 4.98 Å². The van der Waals surface area contributed by atoms with Crippen molar-refractivity contribution in [1.29, 1.82) is 0 Å². The lowest BCUT2D eigenvalue weighted by molar-refractivity contribution is 0.114. The molecule has 2 aromatic rings. The Morgan fingerprint density at radius 2 is 1.81 bits per heavy atom. The molecule has 108 valence electrons. The number of pyridine rings is 1. The molecule has 2 heterocycles. The summed E-state index contributed by atoms with van der Waals surface area (Å²) in [7, 11) is 0. The molecule has 0 amide bonds. The normalized spacial score (nSPS) is 16.0. The van der Waals surface area contributed by atoms with Gasteiger partial charge in [0.2, 0.25) is 0 Å². The summed E-state index contributed by atoms with van der Waals surface area (Å²) < 4.78 is 6.05. The summed E-state index contributed by atoms with van der Waals surface area (Å²) in [6.07, 6.45) is 1.90. The molecule has 0 bridgehead atoms. The van der Waals surface area contributed by atoms with Crippen LogP contribution < -0.4 is 4.74 Å². The van der Waals surface area contributed by atoms with E-state index in [1.165, 1.54) is 5.56 Å². The highest BCUT2D eigenvalue weighted by Gasteiger charge is 2.29. The van der Waals surface area contributed by atoms with Crippen LogP contribution in [0.2, 0.25) is 0 Å². The highest BCUT2D eigenvalue weighted by atomic mass is 16.5. The SMILES string of the molecule is Cc1cc(C2=NC(C)(C)Oc3c(C)cccc32)cnc1C. The van der Waals surface area contributed by atoms with E-state index in [2.05, 4.69) is 37.0 Å². The third-order valence-electron chi connectivity index (χ3n) is 3.81.